The Hall–Kier alpha value is -1.60. The van der Waals surface area contributed by atoms with E-state index in [0.29, 0.717) is 19.0 Å². The molecule has 0 fully saturated rings. The van der Waals surface area contributed by atoms with Gasteiger partial charge in [-0.25, -0.2) is 0 Å². The smallest absolute Gasteiger partial charge is 0.230 e. The van der Waals surface area contributed by atoms with Gasteiger partial charge in [-0.2, -0.15) is 0 Å². The van der Waals surface area contributed by atoms with Crippen molar-refractivity contribution < 1.29 is 14.3 Å². The second-order valence-corrected chi connectivity index (χ2v) is 7.06. The minimum Gasteiger partial charge on any atom is -0.486 e. The highest BCUT2D eigenvalue weighted by Gasteiger charge is 2.21. The van der Waals surface area contributed by atoms with Crippen LogP contribution in [-0.2, 0) is 4.79 Å². The summed E-state index contributed by atoms with van der Waals surface area (Å²) >= 11 is 1.45. The van der Waals surface area contributed by atoms with Gasteiger partial charge in [0.05, 0.1) is 18.3 Å². The molecule has 1 atom stereocenters. The molecule has 1 amide bonds. The van der Waals surface area contributed by atoms with Crippen molar-refractivity contribution >= 4 is 35.2 Å². The number of thioether (sulfide) groups is 1. The van der Waals surface area contributed by atoms with Gasteiger partial charge < -0.3 is 20.1 Å². The van der Waals surface area contributed by atoms with Gasteiger partial charge in [-0.05, 0) is 23.6 Å². The van der Waals surface area contributed by atoms with Crippen molar-refractivity contribution in [1.29, 1.82) is 0 Å². The van der Waals surface area contributed by atoms with Crippen molar-refractivity contribution in [1.82, 2.24) is 10.6 Å². The molecule has 25 heavy (non-hydrogen) atoms. The zero-order valence-electron chi connectivity index (χ0n) is 14.4. The molecule has 1 aromatic carbocycles. The molecule has 0 radical (unpaired) electrons. The molecule has 2 aliphatic heterocycles. The standard InChI is InChI=1S/C17H23N3O3S.ClH/c1-11(2)16(20-15(21)10-24-17-18-5-6-19-17)12-3-4-13-14(9-12)23-8-7-22-13;/h3-4,9,11,16H,5-8,10H2,1-2H3,(H,18,19)(H,20,21);1H. The zero-order chi connectivity index (χ0) is 16.9. The van der Waals surface area contributed by atoms with E-state index >= 15 is 0 Å². The van der Waals surface area contributed by atoms with Crippen LogP contribution in [0.2, 0.25) is 0 Å². The van der Waals surface area contributed by atoms with Crippen LogP contribution in [0.25, 0.3) is 0 Å². The number of carbonyl (C=O) groups is 1. The number of amides is 1. The Morgan fingerprint density at radius 2 is 2.08 bits per heavy atom. The Bertz CT molecular complexity index is 640. The largest absolute Gasteiger partial charge is 0.486 e. The van der Waals surface area contributed by atoms with Crippen molar-refractivity contribution in [3.8, 4) is 11.5 Å². The van der Waals surface area contributed by atoms with Crippen molar-refractivity contribution in [2.45, 2.75) is 19.9 Å². The number of hydrogen-bond donors (Lipinski definition) is 2. The molecular formula is C17H24ClN3O3S. The number of halogens is 1. The molecule has 8 heteroatoms. The number of nitrogens with zero attached hydrogens (tertiary/aromatic N) is 1. The second-order valence-electron chi connectivity index (χ2n) is 6.09. The summed E-state index contributed by atoms with van der Waals surface area (Å²) in [6.07, 6.45) is 0. The van der Waals surface area contributed by atoms with Crippen molar-refractivity contribution in [2.75, 3.05) is 32.1 Å². The fourth-order valence-electron chi connectivity index (χ4n) is 2.71. The summed E-state index contributed by atoms with van der Waals surface area (Å²) in [5.41, 5.74) is 1.03. The molecule has 0 saturated heterocycles. The van der Waals surface area contributed by atoms with E-state index in [0.717, 1.165) is 35.3 Å². The summed E-state index contributed by atoms with van der Waals surface area (Å²) in [6, 6.07) is 5.81. The Labute approximate surface area is 158 Å². The molecule has 0 bridgehead atoms. The third-order valence-corrected chi connectivity index (χ3v) is 4.85. The van der Waals surface area contributed by atoms with Gasteiger partial charge in [-0.3, -0.25) is 9.79 Å². The highest BCUT2D eigenvalue weighted by molar-refractivity contribution is 8.14. The van der Waals surface area contributed by atoms with E-state index in [1.807, 2.05) is 18.2 Å². The molecule has 138 valence electrons. The molecular weight excluding hydrogens is 362 g/mol. The van der Waals surface area contributed by atoms with Gasteiger partial charge in [0.15, 0.2) is 16.7 Å². The number of fused-ring (bicyclic) bond motifs is 1. The Kier molecular flexibility index (Phi) is 7.25. The lowest BCUT2D eigenvalue weighted by Gasteiger charge is -2.25. The quantitative estimate of drug-likeness (QED) is 0.814. The summed E-state index contributed by atoms with van der Waals surface area (Å²) in [4.78, 5) is 16.6. The summed E-state index contributed by atoms with van der Waals surface area (Å²) in [5.74, 6) is 2.14. The highest BCUT2D eigenvalue weighted by atomic mass is 35.5. The lowest BCUT2D eigenvalue weighted by atomic mass is 9.95. The number of carbonyl (C=O) groups excluding carboxylic acids is 1. The van der Waals surface area contributed by atoms with Gasteiger partial charge in [-0.1, -0.05) is 31.7 Å². The average Bonchev–Trinajstić information content (AvgIpc) is 3.10. The second kappa shape index (κ2) is 9.20. The molecule has 2 heterocycles. The highest BCUT2D eigenvalue weighted by Crippen LogP contribution is 2.34. The Balaban J connectivity index is 0.00000225. The molecule has 0 saturated carbocycles. The first kappa shape index (κ1) is 19.7. The van der Waals surface area contributed by atoms with E-state index in [-0.39, 0.29) is 30.3 Å². The molecule has 0 spiro atoms. The maximum atomic E-state index is 12.3. The fourth-order valence-corrected chi connectivity index (χ4v) is 3.45. The number of ether oxygens (including phenoxy) is 2. The molecule has 3 rings (SSSR count). The molecule has 6 nitrogen and oxygen atoms in total. The van der Waals surface area contributed by atoms with Gasteiger partial charge in [0.1, 0.15) is 13.2 Å². The van der Waals surface area contributed by atoms with Crippen molar-refractivity contribution in [3.05, 3.63) is 23.8 Å². The molecule has 1 aromatic rings. The van der Waals surface area contributed by atoms with Gasteiger partial charge in [0, 0.05) is 6.54 Å². The first-order valence-corrected chi connectivity index (χ1v) is 9.22. The lowest BCUT2D eigenvalue weighted by molar-refractivity contribution is -0.119. The van der Waals surface area contributed by atoms with E-state index in [1.165, 1.54) is 11.8 Å². The predicted octanol–water partition coefficient (Wildman–Crippen LogP) is 2.39. The minimum absolute atomic E-state index is 0. The summed E-state index contributed by atoms with van der Waals surface area (Å²) in [7, 11) is 0. The van der Waals surface area contributed by atoms with E-state index in [9.17, 15) is 4.79 Å². The van der Waals surface area contributed by atoms with Crippen LogP contribution in [0, 0.1) is 5.92 Å². The van der Waals surface area contributed by atoms with Gasteiger partial charge in [-0.15, -0.1) is 12.4 Å². The van der Waals surface area contributed by atoms with Crippen LogP contribution in [0.5, 0.6) is 11.5 Å². The first-order chi connectivity index (χ1) is 11.6. The maximum absolute atomic E-state index is 12.3. The van der Waals surface area contributed by atoms with Crippen LogP contribution in [0.15, 0.2) is 23.2 Å². The van der Waals surface area contributed by atoms with Gasteiger partial charge in [0.25, 0.3) is 0 Å². The van der Waals surface area contributed by atoms with Crippen LogP contribution in [-0.4, -0.2) is 43.1 Å². The zero-order valence-corrected chi connectivity index (χ0v) is 16.0. The van der Waals surface area contributed by atoms with Crippen LogP contribution >= 0.6 is 24.2 Å². The fraction of sp³-hybridized carbons (Fsp3) is 0.529. The van der Waals surface area contributed by atoms with E-state index in [2.05, 4.69) is 29.5 Å². The molecule has 0 aliphatic carbocycles. The van der Waals surface area contributed by atoms with Crippen LogP contribution in [0.3, 0.4) is 0 Å². The van der Waals surface area contributed by atoms with Crippen LogP contribution < -0.4 is 20.1 Å². The van der Waals surface area contributed by atoms with Gasteiger partial charge >= 0.3 is 0 Å². The number of aliphatic imine (C=N–C) groups is 1. The molecule has 2 aliphatic rings. The topological polar surface area (TPSA) is 72.0 Å². The van der Waals surface area contributed by atoms with E-state index in [4.69, 9.17) is 9.47 Å². The summed E-state index contributed by atoms with van der Waals surface area (Å²) in [6.45, 7) is 6.97. The van der Waals surface area contributed by atoms with Crippen LogP contribution in [0.4, 0.5) is 0 Å². The lowest BCUT2D eigenvalue weighted by Crippen LogP contribution is -2.33. The third kappa shape index (κ3) is 5.19. The normalized spacial score (nSPS) is 16.5. The number of amidine groups is 1. The third-order valence-electron chi connectivity index (χ3n) is 3.89. The predicted molar refractivity (Wildman–Crippen MR) is 103 cm³/mol. The maximum Gasteiger partial charge on any atom is 0.230 e. The van der Waals surface area contributed by atoms with E-state index in [1.54, 1.807) is 0 Å². The Morgan fingerprint density at radius 1 is 1.32 bits per heavy atom. The van der Waals surface area contributed by atoms with E-state index < -0.39 is 0 Å². The Morgan fingerprint density at radius 3 is 2.76 bits per heavy atom. The van der Waals surface area contributed by atoms with Crippen molar-refractivity contribution in [2.24, 2.45) is 10.9 Å². The summed E-state index contributed by atoms with van der Waals surface area (Å²) < 4.78 is 11.2. The summed E-state index contributed by atoms with van der Waals surface area (Å²) in [5, 5.41) is 7.13. The van der Waals surface area contributed by atoms with Crippen molar-refractivity contribution in [3.63, 3.8) is 0 Å². The number of rotatable bonds is 5. The monoisotopic (exact) mass is 385 g/mol. The SMILES string of the molecule is CC(C)C(NC(=O)CSC1=NCCN1)c1ccc2c(c1)OCCO2.Cl. The molecule has 1 unspecified atom stereocenters. The average molecular weight is 386 g/mol. The molecule has 0 aromatic heterocycles. The minimum atomic E-state index is -0.0626. The van der Waals surface area contributed by atoms with Gasteiger partial charge in [0.2, 0.25) is 5.91 Å². The van der Waals surface area contributed by atoms with Crippen LogP contribution in [0.1, 0.15) is 25.5 Å². The molecule has 2 N–H and O–H groups in total. The number of benzene rings is 1. The number of nitrogens with one attached hydrogen (secondary N) is 2. The number of hydrogen-bond acceptors (Lipinski definition) is 6. The first-order valence-electron chi connectivity index (χ1n) is 8.23.